The highest BCUT2D eigenvalue weighted by Crippen LogP contribution is 2.36. The summed E-state index contributed by atoms with van der Waals surface area (Å²) in [6.07, 6.45) is 0. The van der Waals surface area contributed by atoms with Crippen LogP contribution < -0.4 is 14.8 Å². The van der Waals surface area contributed by atoms with Crippen LogP contribution in [0.5, 0.6) is 11.5 Å². The van der Waals surface area contributed by atoms with Gasteiger partial charge in [-0.25, -0.2) is 0 Å². The first-order chi connectivity index (χ1) is 6.34. The lowest BCUT2D eigenvalue weighted by Gasteiger charge is -1.99. The van der Waals surface area contributed by atoms with Crippen LogP contribution in [0.1, 0.15) is 11.1 Å². The molecular formula is C9H7NO2S. The Bertz CT molecular complexity index is 403. The van der Waals surface area contributed by atoms with Gasteiger partial charge in [-0.2, -0.15) is 0 Å². The standard InChI is InChI=1S/C9H7NO2S/c13-9-6-2-8-7(11-4-12-8)1-5(6)3-10-9/h1-2H,3-4H2,(H,10,13). The molecule has 0 fully saturated rings. The maximum Gasteiger partial charge on any atom is 0.231 e. The van der Waals surface area contributed by atoms with Crippen LogP contribution in [-0.2, 0) is 6.54 Å². The Morgan fingerprint density at radius 1 is 1.23 bits per heavy atom. The van der Waals surface area contributed by atoms with E-state index >= 15 is 0 Å². The normalized spacial score (nSPS) is 17.1. The van der Waals surface area contributed by atoms with Gasteiger partial charge in [-0.1, -0.05) is 12.2 Å². The highest BCUT2D eigenvalue weighted by molar-refractivity contribution is 7.80. The Morgan fingerprint density at radius 2 is 2.00 bits per heavy atom. The zero-order valence-corrected chi connectivity index (χ0v) is 7.61. The molecular weight excluding hydrogens is 186 g/mol. The zero-order valence-electron chi connectivity index (χ0n) is 6.79. The average molecular weight is 193 g/mol. The van der Waals surface area contributed by atoms with E-state index in [-0.39, 0.29) is 0 Å². The Morgan fingerprint density at radius 3 is 2.85 bits per heavy atom. The SMILES string of the molecule is S=C1NCc2cc3c(cc21)OCO3. The van der Waals surface area contributed by atoms with Crippen LogP contribution in [0.4, 0.5) is 0 Å². The number of fused-ring (bicyclic) bond motifs is 2. The molecule has 0 amide bonds. The van der Waals surface area contributed by atoms with Gasteiger partial charge in [0, 0.05) is 12.1 Å². The molecule has 13 heavy (non-hydrogen) atoms. The van der Waals surface area contributed by atoms with Crippen molar-refractivity contribution in [2.75, 3.05) is 6.79 Å². The molecule has 0 radical (unpaired) electrons. The predicted octanol–water partition coefficient (Wildman–Crippen LogP) is 1.19. The summed E-state index contributed by atoms with van der Waals surface area (Å²) >= 11 is 5.14. The van der Waals surface area contributed by atoms with Gasteiger partial charge in [0.15, 0.2) is 11.5 Å². The minimum Gasteiger partial charge on any atom is -0.454 e. The third kappa shape index (κ3) is 0.920. The Hall–Kier alpha value is -1.29. The van der Waals surface area contributed by atoms with Crippen LogP contribution in [0, 0.1) is 0 Å². The van der Waals surface area contributed by atoms with Gasteiger partial charge >= 0.3 is 0 Å². The molecule has 0 aromatic heterocycles. The van der Waals surface area contributed by atoms with Gasteiger partial charge in [0.1, 0.15) is 4.99 Å². The van der Waals surface area contributed by atoms with Gasteiger partial charge in [-0.15, -0.1) is 0 Å². The second-order valence-corrected chi connectivity index (χ2v) is 3.45. The quantitative estimate of drug-likeness (QED) is 0.627. The van der Waals surface area contributed by atoms with E-state index in [2.05, 4.69) is 5.32 Å². The summed E-state index contributed by atoms with van der Waals surface area (Å²) in [6, 6.07) is 3.93. The second-order valence-electron chi connectivity index (χ2n) is 3.05. The van der Waals surface area contributed by atoms with Gasteiger partial charge in [0.2, 0.25) is 6.79 Å². The third-order valence-electron chi connectivity index (χ3n) is 2.28. The summed E-state index contributed by atoms with van der Waals surface area (Å²) in [7, 11) is 0. The topological polar surface area (TPSA) is 30.5 Å². The van der Waals surface area contributed by atoms with Crippen molar-refractivity contribution in [1.29, 1.82) is 0 Å². The maximum atomic E-state index is 5.27. The molecule has 66 valence electrons. The minimum absolute atomic E-state index is 0.318. The zero-order chi connectivity index (χ0) is 8.84. The molecule has 4 heteroatoms. The lowest BCUT2D eigenvalue weighted by Crippen LogP contribution is -2.10. The van der Waals surface area contributed by atoms with Crippen LogP contribution in [0.15, 0.2) is 12.1 Å². The van der Waals surface area contributed by atoms with E-state index in [0.717, 1.165) is 28.6 Å². The van der Waals surface area contributed by atoms with Crippen molar-refractivity contribution in [3.05, 3.63) is 23.3 Å². The number of hydrogen-bond acceptors (Lipinski definition) is 3. The van der Waals surface area contributed by atoms with E-state index in [1.807, 2.05) is 12.1 Å². The van der Waals surface area contributed by atoms with Crippen molar-refractivity contribution in [3.63, 3.8) is 0 Å². The molecule has 0 saturated carbocycles. The average Bonchev–Trinajstić information content (AvgIpc) is 2.70. The Balaban J connectivity index is 2.22. The molecule has 0 bridgehead atoms. The van der Waals surface area contributed by atoms with E-state index < -0.39 is 0 Å². The van der Waals surface area contributed by atoms with Crippen LogP contribution in [0.25, 0.3) is 0 Å². The van der Waals surface area contributed by atoms with Crippen LogP contribution >= 0.6 is 12.2 Å². The first-order valence-corrected chi connectivity index (χ1v) is 4.46. The van der Waals surface area contributed by atoms with Gasteiger partial charge in [-0.3, -0.25) is 0 Å². The minimum atomic E-state index is 0.318. The summed E-state index contributed by atoms with van der Waals surface area (Å²) in [5, 5.41) is 3.11. The van der Waals surface area contributed by atoms with E-state index in [0.29, 0.717) is 6.79 Å². The van der Waals surface area contributed by atoms with Crippen molar-refractivity contribution in [3.8, 4) is 11.5 Å². The van der Waals surface area contributed by atoms with Gasteiger partial charge in [0.25, 0.3) is 0 Å². The van der Waals surface area contributed by atoms with Crippen molar-refractivity contribution in [2.45, 2.75) is 6.54 Å². The molecule has 3 rings (SSSR count). The number of nitrogens with one attached hydrogen (secondary N) is 1. The molecule has 2 aliphatic heterocycles. The summed E-state index contributed by atoms with van der Waals surface area (Å²) in [5.41, 5.74) is 2.26. The number of ether oxygens (including phenoxy) is 2. The van der Waals surface area contributed by atoms with Crippen LogP contribution in [0.2, 0.25) is 0 Å². The number of rotatable bonds is 0. The van der Waals surface area contributed by atoms with Crippen molar-refractivity contribution in [2.24, 2.45) is 0 Å². The molecule has 2 heterocycles. The fourth-order valence-corrected chi connectivity index (χ4v) is 1.87. The molecule has 3 nitrogen and oxygen atoms in total. The summed E-state index contributed by atoms with van der Waals surface area (Å²) in [6.45, 7) is 1.11. The summed E-state index contributed by atoms with van der Waals surface area (Å²) < 4.78 is 10.5. The number of hydrogen-bond donors (Lipinski definition) is 1. The highest BCUT2D eigenvalue weighted by atomic mass is 32.1. The van der Waals surface area contributed by atoms with E-state index in [9.17, 15) is 0 Å². The number of benzene rings is 1. The van der Waals surface area contributed by atoms with Gasteiger partial charge in [-0.05, 0) is 17.7 Å². The molecule has 0 atom stereocenters. The van der Waals surface area contributed by atoms with Crippen molar-refractivity contribution in [1.82, 2.24) is 5.32 Å². The van der Waals surface area contributed by atoms with E-state index in [4.69, 9.17) is 21.7 Å². The summed E-state index contributed by atoms with van der Waals surface area (Å²) in [4.78, 5) is 0.799. The monoisotopic (exact) mass is 193 g/mol. The molecule has 0 unspecified atom stereocenters. The van der Waals surface area contributed by atoms with E-state index in [1.165, 1.54) is 5.56 Å². The predicted molar refractivity (Wildman–Crippen MR) is 51.1 cm³/mol. The maximum absolute atomic E-state index is 5.27. The van der Waals surface area contributed by atoms with Gasteiger partial charge in [0.05, 0.1) is 0 Å². The Kier molecular flexibility index (Phi) is 1.29. The fourth-order valence-electron chi connectivity index (χ4n) is 1.61. The third-order valence-corrected chi connectivity index (χ3v) is 2.65. The first kappa shape index (κ1) is 7.15. The first-order valence-electron chi connectivity index (χ1n) is 4.05. The van der Waals surface area contributed by atoms with Crippen LogP contribution in [0.3, 0.4) is 0 Å². The fraction of sp³-hybridized carbons (Fsp3) is 0.222. The van der Waals surface area contributed by atoms with Crippen LogP contribution in [-0.4, -0.2) is 11.8 Å². The van der Waals surface area contributed by atoms with Crippen molar-refractivity contribution < 1.29 is 9.47 Å². The lowest BCUT2D eigenvalue weighted by atomic mass is 10.1. The lowest BCUT2D eigenvalue weighted by molar-refractivity contribution is 0.174. The van der Waals surface area contributed by atoms with E-state index in [1.54, 1.807) is 0 Å². The molecule has 0 spiro atoms. The summed E-state index contributed by atoms with van der Waals surface area (Å²) in [5.74, 6) is 1.62. The largest absolute Gasteiger partial charge is 0.454 e. The van der Waals surface area contributed by atoms with Crippen molar-refractivity contribution >= 4 is 17.2 Å². The number of thiocarbonyl (C=S) groups is 1. The highest BCUT2D eigenvalue weighted by Gasteiger charge is 2.22. The molecule has 0 aliphatic carbocycles. The van der Waals surface area contributed by atoms with Gasteiger partial charge < -0.3 is 14.8 Å². The molecule has 2 aliphatic rings. The molecule has 1 aromatic rings. The second kappa shape index (κ2) is 2.35. The molecule has 1 N–H and O–H groups in total. The Labute approximate surface area is 80.7 Å². The molecule has 1 aromatic carbocycles. The molecule has 0 saturated heterocycles. The smallest absolute Gasteiger partial charge is 0.231 e.